The van der Waals surface area contributed by atoms with Crippen LogP contribution in [0, 0.1) is 5.92 Å². The fourth-order valence-corrected chi connectivity index (χ4v) is 2.85. The van der Waals surface area contributed by atoms with E-state index in [1.54, 1.807) is 6.20 Å². The number of fused-ring (bicyclic) bond motifs is 1. The van der Waals surface area contributed by atoms with Crippen LogP contribution >= 0.6 is 0 Å². The molecular weight excluding hydrogens is 228 g/mol. The number of hydrogen-bond donors (Lipinski definition) is 1. The molecule has 1 aromatic rings. The molecule has 2 aliphatic rings. The number of ether oxygens (including phenoxy) is 1. The molecule has 1 saturated heterocycles. The number of aromatic nitrogens is 1. The van der Waals surface area contributed by atoms with Crippen molar-refractivity contribution in [2.45, 2.75) is 37.8 Å². The van der Waals surface area contributed by atoms with Gasteiger partial charge < -0.3 is 10.1 Å². The average Bonchev–Trinajstić information content (AvgIpc) is 2.76. The van der Waals surface area contributed by atoms with E-state index >= 15 is 0 Å². The molecule has 96 valence electrons. The Balaban J connectivity index is 1.43. The van der Waals surface area contributed by atoms with E-state index in [-0.39, 0.29) is 5.91 Å². The van der Waals surface area contributed by atoms with E-state index in [0.717, 1.165) is 31.4 Å². The first-order valence-corrected chi connectivity index (χ1v) is 6.63. The molecule has 0 aromatic carbocycles. The second-order valence-corrected chi connectivity index (χ2v) is 5.13. The zero-order chi connectivity index (χ0) is 12.4. The van der Waals surface area contributed by atoms with Gasteiger partial charge in [-0.25, -0.2) is 0 Å². The van der Waals surface area contributed by atoms with Crippen LogP contribution in [0.5, 0.6) is 0 Å². The summed E-state index contributed by atoms with van der Waals surface area (Å²) in [6.07, 6.45) is 7.36. The fraction of sp³-hybridized carbons (Fsp3) is 0.571. The first kappa shape index (κ1) is 11.7. The third-order valence-corrected chi connectivity index (χ3v) is 3.97. The van der Waals surface area contributed by atoms with Gasteiger partial charge in [0.05, 0.1) is 6.10 Å². The maximum Gasteiger partial charge on any atom is 0.220 e. The van der Waals surface area contributed by atoms with Crippen LogP contribution in [0.2, 0.25) is 0 Å². The number of carbonyl (C=O) groups excluding carboxylic acids is 1. The highest BCUT2D eigenvalue weighted by atomic mass is 16.5. The van der Waals surface area contributed by atoms with Crippen molar-refractivity contribution in [3.63, 3.8) is 0 Å². The monoisotopic (exact) mass is 246 g/mol. The van der Waals surface area contributed by atoms with E-state index < -0.39 is 0 Å². The minimum atomic E-state index is 0.147. The zero-order valence-electron chi connectivity index (χ0n) is 10.3. The molecule has 2 heterocycles. The van der Waals surface area contributed by atoms with Crippen molar-refractivity contribution < 1.29 is 9.53 Å². The van der Waals surface area contributed by atoms with Gasteiger partial charge in [-0.05, 0) is 30.9 Å². The van der Waals surface area contributed by atoms with Crippen LogP contribution in [0.3, 0.4) is 0 Å². The maximum absolute atomic E-state index is 11.8. The number of hydrogen-bond acceptors (Lipinski definition) is 3. The van der Waals surface area contributed by atoms with Gasteiger partial charge in [-0.15, -0.1) is 0 Å². The van der Waals surface area contributed by atoms with Gasteiger partial charge in [-0.3, -0.25) is 9.78 Å². The zero-order valence-corrected chi connectivity index (χ0v) is 10.3. The minimum absolute atomic E-state index is 0.147. The number of rotatable bonds is 4. The number of pyridine rings is 1. The van der Waals surface area contributed by atoms with E-state index in [0.29, 0.717) is 24.5 Å². The maximum atomic E-state index is 11.8. The number of nitrogens with one attached hydrogen (secondary N) is 1. The summed E-state index contributed by atoms with van der Waals surface area (Å²) >= 11 is 0. The third-order valence-electron chi connectivity index (χ3n) is 3.97. The molecule has 18 heavy (non-hydrogen) atoms. The minimum Gasteiger partial charge on any atom is -0.378 e. The van der Waals surface area contributed by atoms with Gasteiger partial charge in [0.1, 0.15) is 0 Å². The lowest BCUT2D eigenvalue weighted by atomic mass is 9.76. The van der Waals surface area contributed by atoms with Crippen LogP contribution in [0.4, 0.5) is 0 Å². The number of amides is 1. The van der Waals surface area contributed by atoms with Crippen LogP contribution in [-0.2, 0) is 16.0 Å². The molecule has 0 radical (unpaired) electrons. The Morgan fingerprint density at radius 1 is 1.56 bits per heavy atom. The standard InChI is InChI=1S/C14H18N2O2/c17-14(4-3-10-2-1-6-15-9-10)16-12-8-13-11(12)5-7-18-13/h1-2,6,9,11-13H,3-5,7-8H2,(H,16,17)/t11-,12+,13+/m0/s1. The lowest BCUT2D eigenvalue weighted by molar-refractivity contribution is -0.124. The van der Waals surface area contributed by atoms with Crippen molar-refractivity contribution in [1.29, 1.82) is 0 Å². The van der Waals surface area contributed by atoms with Crippen molar-refractivity contribution in [3.05, 3.63) is 30.1 Å². The largest absolute Gasteiger partial charge is 0.378 e. The molecule has 4 heteroatoms. The van der Waals surface area contributed by atoms with Gasteiger partial charge in [0.15, 0.2) is 0 Å². The molecule has 4 nitrogen and oxygen atoms in total. The van der Waals surface area contributed by atoms with E-state index in [9.17, 15) is 4.79 Å². The van der Waals surface area contributed by atoms with Crippen LogP contribution in [0.25, 0.3) is 0 Å². The molecule has 1 saturated carbocycles. The van der Waals surface area contributed by atoms with Crippen molar-refractivity contribution in [2.75, 3.05) is 6.61 Å². The summed E-state index contributed by atoms with van der Waals surface area (Å²) in [7, 11) is 0. The van der Waals surface area contributed by atoms with Gasteiger partial charge in [0.2, 0.25) is 5.91 Å². The van der Waals surface area contributed by atoms with Gasteiger partial charge in [0.25, 0.3) is 0 Å². The van der Waals surface area contributed by atoms with Crippen LogP contribution in [0.1, 0.15) is 24.8 Å². The quantitative estimate of drug-likeness (QED) is 0.871. The highest BCUT2D eigenvalue weighted by Crippen LogP contribution is 2.38. The number of aryl methyl sites for hydroxylation is 1. The molecular formula is C14H18N2O2. The van der Waals surface area contributed by atoms with Crippen molar-refractivity contribution in [3.8, 4) is 0 Å². The van der Waals surface area contributed by atoms with E-state index in [1.165, 1.54) is 0 Å². The molecule has 1 aliphatic carbocycles. The van der Waals surface area contributed by atoms with Gasteiger partial charge in [-0.1, -0.05) is 6.07 Å². The lowest BCUT2D eigenvalue weighted by Gasteiger charge is -2.39. The molecule has 3 rings (SSSR count). The molecule has 0 spiro atoms. The van der Waals surface area contributed by atoms with Crippen molar-refractivity contribution in [2.24, 2.45) is 5.92 Å². The molecule has 1 aromatic heterocycles. The summed E-state index contributed by atoms with van der Waals surface area (Å²) in [4.78, 5) is 15.9. The molecule has 1 amide bonds. The van der Waals surface area contributed by atoms with E-state index in [4.69, 9.17) is 4.74 Å². The summed E-state index contributed by atoms with van der Waals surface area (Å²) in [5.74, 6) is 0.710. The highest BCUT2D eigenvalue weighted by molar-refractivity contribution is 5.76. The predicted octanol–water partition coefficient (Wildman–Crippen LogP) is 1.31. The van der Waals surface area contributed by atoms with Crippen molar-refractivity contribution in [1.82, 2.24) is 10.3 Å². The fourth-order valence-electron chi connectivity index (χ4n) is 2.85. The molecule has 3 atom stereocenters. The second-order valence-electron chi connectivity index (χ2n) is 5.13. The summed E-state index contributed by atoms with van der Waals surface area (Å²) in [6.45, 7) is 0.859. The van der Waals surface area contributed by atoms with E-state index in [1.807, 2.05) is 18.3 Å². The second kappa shape index (κ2) is 5.06. The smallest absolute Gasteiger partial charge is 0.220 e. The molecule has 1 N–H and O–H groups in total. The average molecular weight is 246 g/mol. The lowest BCUT2D eigenvalue weighted by Crippen LogP contribution is -2.53. The summed E-state index contributed by atoms with van der Waals surface area (Å²) < 4.78 is 5.53. The highest BCUT2D eigenvalue weighted by Gasteiger charge is 2.45. The Morgan fingerprint density at radius 2 is 2.50 bits per heavy atom. The number of carbonyl (C=O) groups is 1. The molecule has 2 fully saturated rings. The van der Waals surface area contributed by atoms with E-state index in [2.05, 4.69) is 10.3 Å². The SMILES string of the molecule is O=C(CCc1cccnc1)N[C@@H]1C[C@H]2OCC[C@@H]12. The topological polar surface area (TPSA) is 51.2 Å². The predicted molar refractivity (Wildman–Crippen MR) is 67.0 cm³/mol. The number of nitrogens with zero attached hydrogens (tertiary/aromatic N) is 1. The Kier molecular flexibility index (Phi) is 3.28. The summed E-state index contributed by atoms with van der Waals surface area (Å²) in [5.41, 5.74) is 1.11. The molecule has 0 bridgehead atoms. The van der Waals surface area contributed by atoms with Crippen LogP contribution in [-0.4, -0.2) is 29.6 Å². The normalized spacial score (nSPS) is 29.4. The molecule has 0 unspecified atom stereocenters. The van der Waals surface area contributed by atoms with Crippen LogP contribution < -0.4 is 5.32 Å². The van der Waals surface area contributed by atoms with Crippen molar-refractivity contribution >= 4 is 5.91 Å². The molecule has 1 aliphatic heterocycles. The Bertz CT molecular complexity index is 421. The van der Waals surface area contributed by atoms with Gasteiger partial charge >= 0.3 is 0 Å². The van der Waals surface area contributed by atoms with Gasteiger partial charge in [-0.2, -0.15) is 0 Å². The van der Waals surface area contributed by atoms with Crippen LogP contribution in [0.15, 0.2) is 24.5 Å². The first-order chi connectivity index (χ1) is 8.83. The first-order valence-electron chi connectivity index (χ1n) is 6.63. The Morgan fingerprint density at radius 3 is 3.28 bits per heavy atom. The third kappa shape index (κ3) is 2.38. The summed E-state index contributed by atoms with van der Waals surface area (Å²) in [5, 5.41) is 3.12. The Hall–Kier alpha value is -1.42. The Labute approximate surface area is 107 Å². The van der Waals surface area contributed by atoms with Gasteiger partial charge in [0, 0.05) is 37.4 Å². The summed E-state index contributed by atoms with van der Waals surface area (Å²) in [6, 6.07) is 4.25.